The molecule has 0 bridgehead atoms. The van der Waals surface area contributed by atoms with Gasteiger partial charge in [0, 0.05) is 6.42 Å². The number of ketones is 1. The lowest BCUT2D eigenvalue weighted by Gasteiger charge is -2.04. The minimum absolute atomic E-state index is 0.270. The minimum atomic E-state index is 0.270. The summed E-state index contributed by atoms with van der Waals surface area (Å²) in [6.07, 6.45) is 8.07. The van der Waals surface area contributed by atoms with Gasteiger partial charge in [0.25, 0.3) is 0 Å². The number of benzene rings is 1. The molecule has 0 aliphatic heterocycles. The molecule has 0 unspecified atom stereocenters. The first-order chi connectivity index (χ1) is 8.77. The highest BCUT2D eigenvalue weighted by atomic mass is 16.1. The summed E-state index contributed by atoms with van der Waals surface area (Å²) in [6, 6.07) is 10.2. The zero-order chi connectivity index (χ0) is 13.2. The van der Waals surface area contributed by atoms with Crippen molar-refractivity contribution in [2.75, 3.05) is 0 Å². The van der Waals surface area contributed by atoms with Crippen LogP contribution in [0.15, 0.2) is 36.4 Å². The van der Waals surface area contributed by atoms with Crippen molar-refractivity contribution >= 4 is 11.4 Å². The minimum Gasteiger partial charge on any atom is -0.295 e. The van der Waals surface area contributed by atoms with E-state index in [1.807, 2.05) is 24.3 Å². The van der Waals surface area contributed by atoms with Crippen LogP contribution >= 0.6 is 0 Å². The Balaban J connectivity index is 2.54. The predicted molar refractivity (Wildman–Crippen MR) is 78.5 cm³/mol. The third-order valence-corrected chi connectivity index (χ3v) is 3.14. The summed E-state index contributed by atoms with van der Waals surface area (Å²) >= 11 is 0. The summed E-state index contributed by atoms with van der Waals surface area (Å²) < 4.78 is 0. The van der Waals surface area contributed by atoms with Gasteiger partial charge in [0.15, 0.2) is 5.78 Å². The lowest BCUT2D eigenvalue weighted by molar-refractivity contribution is -0.114. The average molecular weight is 244 g/mol. The van der Waals surface area contributed by atoms with Crippen molar-refractivity contribution in [2.45, 2.75) is 52.4 Å². The molecule has 0 amide bonds. The van der Waals surface area contributed by atoms with Crippen LogP contribution in [0.1, 0.15) is 57.9 Å². The number of hydrogen-bond acceptors (Lipinski definition) is 1. The van der Waals surface area contributed by atoms with E-state index in [1.165, 1.54) is 24.8 Å². The van der Waals surface area contributed by atoms with Crippen molar-refractivity contribution < 1.29 is 4.79 Å². The van der Waals surface area contributed by atoms with Crippen molar-refractivity contribution in [1.29, 1.82) is 0 Å². The molecule has 0 saturated heterocycles. The third-order valence-electron chi connectivity index (χ3n) is 3.14. The molecule has 1 rings (SSSR count). The maximum Gasteiger partial charge on any atom is 0.155 e. The third kappa shape index (κ3) is 5.31. The topological polar surface area (TPSA) is 17.1 Å². The first-order valence-corrected chi connectivity index (χ1v) is 7.06. The Morgan fingerprint density at radius 3 is 2.39 bits per heavy atom. The molecule has 1 aromatic carbocycles. The van der Waals surface area contributed by atoms with Gasteiger partial charge in [-0.15, -0.1) is 0 Å². The molecule has 1 aromatic rings. The molecule has 0 radical (unpaired) electrons. The first kappa shape index (κ1) is 14.7. The number of carbonyl (C=O) groups excluding carboxylic acids is 1. The predicted octanol–water partition coefficient (Wildman–Crippen LogP) is 5.02. The smallest absolute Gasteiger partial charge is 0.155 e. The summed E-state index contributed by atoms with van der Waals surface area (Å²) in [6.45, 7) is 4.29. The number of hydrogen-bond donors (Lipinski definition) is 0. The standard InChI is InChI=1S/C17H24O/c1-3-5-6-10-13-17(18)14-15(4-2)16-11-8-7-9-12-16/h7-9,11-12,14H,3-6,10,13H2,1-2H3/b15-14+. The zero-order valence-corrected chi connectivity index (χ0v) is 11.6. The van der Waals surface area contributed by atoms with E-state index < -0.39 is 0 Å². The van der Waals surface area contributed by atoms with Gasteiger partial charge in [0.2, 0.25) is 0 Å². The molecule has 1 heteroatoms. The normalized spacial score (nSPS) is 11.6. The summed E-state index contributed by atoms with van der Waals surface area (Å²) in [7, 11) is 0. The summed E-state index contributed by atoms with van der Waals surface area (Å²) in [5.74, 6) is 0.270. The van der Waals surface area contributed by atoms with E-state index in [0.717, 1.165) is 18.4 Å². The summed E-state index contributed by atoms with van der Waals surface area (Å²) in [5.41, 5.74) is 2.32. The van der Waals surface area contributed by atoms with Gasteiger partial charge >= 0.3 is 0 Å². The van der Waals surface area contributed by atoms with Crippen molar-refractivity contribution in [2.24, 2.45) is 0 Å². The second-order valence-electron chi connectivity index (χ2n) is 4.67. The van der Waals surface area contributed by atoms with E-state index >= 15 is 0 Å². The summed E-state index contributed by atoms with van der Waals surface area (Å²) in [5, 5.41) is 0. The maximum absolute atomic E-state index is 11.9. The van der Waals surface area contributed by atoms with Gasteiger partial charge in [-0.05, 0) is 30.1 Å². The second-order valence-corrected chi connectivity index (χ2v) is 4.67. The van der Waals surface area contributed by atoms with Crippen LogP contribution in [0.2, 0.25) is 0 Å². The Bertz CT molecular complexity index is 376. The van der Waals surface area contributed by atoms with Crippen LogP contribution in [0, 0.1) is 0 Å². The van der Waals surface area contributed by atoms with E-state index in [9.17, 15) is 4.79 Å². The fourth-order valence-corrected chi connectivity index (χ4v) is 2.03. The van der Waals surface area contributed by atoms with Gasteiger partial charge in [-0.25, -0.2) is 0 Å². The molecule has 0 spiro atoms. The first-order valence-electron chi connectivity index (χ1n) is 7.06. The van der Waals surface area contributed by atoms with Crippen molar-refractivity contribution in [3.05, 3.63) is 42.0 Å². The van der Waals surface area contributed by atoms with Crippen LogP contribution < -0.4 is 0 Å². The quantitative estimate of drug-likeness (QED) is 0.463. The highest BCUT2D eigenvalue weighted by Gasteiger charge is 2.03. The van der Waals surface area contributed by atoms with E-state index in [-0.39, 0.29) is 5.78 Å². The van der Waals surface area contributed by atoms with Gasteiger partial charge in [-0.3, -0.25) is 4.79 Å². The Hall–Kier alpha value is -1.37. The van der Waals surface area contributed by atoms with Crippen LogP contribution in [-0.4, -0.2) is 5.78 Å². The SMILES string of the molecule is CCCCCCC(=O)/C=C(\CC)c1ccccc1. The van der Waals surface area contributed by atoms with Crippen LogP contribution in [0.3, 0.4) is 0 Å². The molecule has 0 heterocycles. The number of allylic oxidation sites excluding steroid dienone is 2. The number of rotatable bonds is 8. The van der Waals surface area contributed by atoms with Crippen molar-refractivity contribution in [1.82, 2.24) is 0 Å². The van der Waals surface area contributed by atoms with E-state index in [2.05, 4.69) is 26.0 Å². The lowest BCUT2D eigenvalue weighted by atomic mass is 10.0. The molecule has 0 atom stereocenters. The van der Waals surface area contributed by atoms with Crippen LogP contribution in [0.25, 0.3) is 5.57 Å². The van der Waals surface area contributed by atoms with Gasteiger partial charge in [0.05, 0.1) is 0 Å². The summed E-state index contributed by atoms with van der Waals surface area (Å²) in [4.78, 5) is 11.9. The van der Waals surface area contributed by atoms with Crippen LogP contribution in [0.5, 0.6) is 0 Å². The zero-order valence-electron chi connectivity index (χ0n) is 11.6. The average Bonchev–Trinajstić information content (AvgIpc) is 2.42. The largest absolute Gasteiger partial charge is 0.295 e. The molecular weight excluding hydrogens is 220 g/mol. The van der Waals surface area contributed by atoms with E-state index in [1.54, 1.807) is 0 Å². The molecule has 18 heavy (non-hydrogen) atoms. The van der Waals surface area contributed by atoms with E-state index in [4.69, 9.17) is 0 Å². The van der Waals surface area contributed by atoms with Crippen molar-refractivity contribution in [3.63, 3.8) is 0 Å². The second kappa shape index (κ2) is 8.68. The van der Waals surface area contributed by atoms with Gasteiger partial charge in [-0.1, -0.05) is 63.4 Å². The molecule has 0 aromatic heterocycles. The Labute approximate surface area is 111 Å². The van der Waals surface area contributed by atoms with Crippen molar-refractivity contribution in [3.8, 4) is 0 Å². The van der Waals surface area contributed by atoms with Gasteiger partial charge < -0.3 is 0 Å². The van der Waals surface area contributed by atoms with Gasteiger partial charge in [-0.2, -0.15) is 0 Å². The maximum atomic E-state index is 11.9. The molecule has 0 saturated carbocycles. The van der Waals surface area contributed by atoms with Gasteiger partial charge in [0.1, 0.15) is 0 Å². The molecular formula is C17H24O. The van der Waals surface area contributed by atoms with Crippen LogP contribution in [-0.2, 0) is 4.79 Å². The molecule has 1 nitrogen and oxygen atoms in total. The highest BCUT2D eigenvalue weighted by molar-refractivity contribution is 5.96. The molecule has 0 aliphatic carbocycles. The monoisotopic (exact) mass is 244 g/mol. The molecule has 0 N–H and O–H groups in total. The van der Waals surface area contributed by atoms with E-state index in [0.29, 0.717) is 6.42 Å². The Morgan fingerprint density at radius 2 is 1.78 bits per heavy atom. The van der Waals surface area contributed by atoms with Crippen LogP contribution in [0.4, 0.5) is 0 Å². The number of unbranched alkanes of at least 4 members (excludes halogenated alkanes) is 3. The number of carbonyl (C=O) groups is 1. The Kier molecular flexibility index (Phi) is 7.09. The highest BCUT2D eigenvalue weighted by Crippen LogP contribution is 2.18. The Morgan fingerprint density at radius 1 is 1.06 bits per heavy atom. The lowest BCUT2D eigenvalue weighted by Crippen LogP contribution is -1.95. The molecule has 98 valence electrons. The fourth-order valence-electron chi connectivity index (χ4n) is 2.03. The molecule has 0 fully saturated rings. The fraction of sp³-hybridized carbons (Fsp3) is 0.471. The molecule has 0 aliphatic rings.